The van der Waals surface area contributed by atoms with Crippen LogP contribution in [0.4, 0.5) is 5.69 Å². The van der Waals surface area contributed by atoms with Crippen LogP contribution in [0.5, 0.6) is 11.5 Å². The predicted octanol–water partition coefficient (Wildman–Crippen LogP) is 4.34. The SMILES string of the molecule is COc1cc(/C=C2/C(=O)NN(c3ccccc3)C2=O)cc(I)c1OCc1ccccc1. The number of nitrogens with one attached hydrogen (secondary N) is 1. The maximum Gasteiger partial charge on any atom is 0.282 e. The van der Waals surface area contributed by atoms with E-state index in [0.717, 1.165) is 9.13 Å². The number of methoxy groups -OCH3 is 1. The largest absolute Gasteiger partial charge is 0.493 e. The van der Waals surface area contributed by atoms with Gasteiger partial charge in [-0.25, -0.2) is 5.01 Å². The van der Waals surface area contributed by atoms with Gasteiger partial charge >= 0.3 is 0 Å². The van der Waals surface area contributed by atoms with E-state index >= 15 is 0 Å². The number of para-hydroxylation sites is 1. The number of anilines is 1. The topological polar surface area (TPSA) is 67.9 Å². The lowest BCUT2D eigenvalue weighted by atomic mass is 10.1. The summed E-state index contributed by atoms with van der Waals surface area (Å²) in [6.07, 6.45) is 1.56. The van der Waals surface area contributed by atoms with Crippen molar-refractivity contribution in [3.63, 3.8) is 0 Å². The van der Waals surface area contributed by atoms with Crippen LogP contribution in [0.15, 0.2) is 78.4 Å². The van der Waals surface area contributed by atoms with Crippen LogP contribution in [-0.4, -0.2) is 18.9 Å². The summed E-state index contributed by atoms with van der Waals surface area (Å²) in [7, 11) is 1.56. The highest BCUT2D eigenvalue weighted by Gasteiger charge is 2.34. The highest BCUT2D eigenvalue weighted by atomic mass is 127. The van der Waals surface area contributed by atoms with Gasteiger partial charge in [-0.1, -0.05) is 48.5 Å². The molecule has 1 fully saturated rings. The van der Waals surface area contributed by atoms with Crippen LogP contribution in [0.3, 0.4) is 0 Å². The summed E-state index contributed by atoms with van der Waals surface area (Å²) in [4.78, 5) is 25.2. The Morgan fingerprint density at radius 1 is 1.00 bits per heavy atom. The molecule has 0 unspecified atom stereocenters. The summed E-state index contributed by atoms with van der Waals surface area (Å²) in [6, 6.07) is 22.4. The molecule has 3 aromatic carbocycles. The first-order valence-electron chi connectivity index (χ1n) is 9.53. The zero-order valence-electron chi connectivity index (χ0n) is 16.7. The molecule has 0 bridgehead atoms. The predicted molar refractivity (Wildman–Crippen MR) is 127 cm³/mol. The summed E-state index contributed by atoms with van der Waals surface area (Å²) in [5.41, 5.74) is 4.97. The molecule has 0 radical (unpaired) electrons. The lowest BCUT2D eigenvalue weighted by Crippen LogP contribution is -2.35. The van der Waals surface area contributed by atoms with Crippen LogP contribution in [0.25, 0.3) is 6.08 Å². The Morgan fingerprint density at radius 2 is 1.68 bits per heavy atom. The number of hydrogen-bond donors (Lipinski definition) is 1. The van der Waals surface area contributed by atoms with E-state index in [-0.39, 0.29) is 5.57 Å². The van der Waals surface area contributed by atoms with Crippen molar-refractivity contribution >= 4 is 46.2 Å². The van der Waals surface area contributed by atoms with Crippen LogP contribution in [0, 0.1) is 3.57 Å². The zero-order valence-corrected chi connectivity index (χ0v) is 18.8. The molecule has 156 valence electrons. The summed E-state index contributed by atoms with van der Waals surface area (Å²) < 4.78 is 12.3. The monoisotopic (exact) mass is 526 g/mol. The molecule has 1 aliphatic heterocycles. The van der Waals surface area contributed by atoms with Gasteiger partial charge in [0.25, 0.3) is 11.8 Å². The first-order chi connectivity index (χ1) is 15.1. The molecular weight excluding hydrogens is 507 g/mol. The Bertz CT molecular complexity index is 1150. The quantitative estimate of drug-likeness (QED) is 0.295. The van der Waals surface area contributed by atoms with Crippen LogP contribution in [-0.2, 0) is 16.2 Å². The number of amides is 2. The number of benzene rings is 3. The fraction of sp³-hybridized carbons (Fsp3) is 0.0833. The maximum absolute atomic E-state index is 12.8. The Labute approximate surface area is 193 Å². The van der Waals surface area contributed by atoms with Gasteiger partial charge in [0, 0.05) is 0 Å². The molecular formula is C24H19IN2O4. The minimum Gasteiger partial charge on any atom is -0.493 e. The van der Waals surface area contributed by atoms with Crippen LogP contribution in [0.1, 0.15) is 11.1 Å². The van der Waals surface area contributed by atoms with Gasteiger partial charge < -0.3 is 9.47 Å². The van der Waals surface area contributed by atoms with E-state index < -0.39 is 11.8 Å². The third-order valence-electron chi connectivity index (χ3n) is 4.69. The average molecular weight is 526 g/mol. The molecule has 6 nitrogen and oxygen atoms in total. The third-order valence-corrected chi connectivity index (χ3v) is 5.50. The maximum atomic E-state index is 12.8. The van der Waals surface area contributed by atoms with Gasteiger partial charge in [0.1, 0.15) is 12.2 Å². The molecule has 3 aromatic rings. The van der Waals surface area contributed by atoms with Crippen molar-refractivity contribution in [2.75, 3.05) is 12.1 Å². The molecule has 1 saturated heterocycles. The molecule has 1 N–H and O–H groups in total. The fourth-order valence-corrected chi connectivity index (χ4v) is 3.96. The van der Waals surface area contributed by atoms with Crippen molar-refractivity contribution in [3.05, 3.63) is 93.1 Å². The molecule has 0 aromatic heterocycles. The zero-order chi connectivity index (χ0) is 21.8. The minimum atomic E-state index is -0.452. The van der Waals surface area contributed by atoms with Gasteiger partial charge in [-0.3, -0.25) is 15.0 Å². The van der Waals surface area contributed by atoms with E-state index in [4.69, 9.17) is 9.47 Å². The molecule has 1 heterocycles. The molecule has 0 spiro atoms. The van der Waals surface area contributed by atoms with Gasteiger partial charge in [-0.15, -0.1) is 0 Å². The molecule has 0 atom stereocenters. The van der Waals surface area contributed by atoms with Crippen molar-refractivity contribution in [3.8, 4) is 11.5 Å². The van der Waals surface area contributed by atoms with Gasteiger partial charge in [0.2, 0.25) is 0 Å². The minimum absolute atomic E-state index is 0.0552. The van der Waals surface area contributed by atoms with Gasteiger partial charge in [0.15, 0.2) is 11.5 Å². The van der Waals surface area contributed by atoms with Crippen LogP contribution >= 0.6 is 22.6 Å². The van der Waals surface area contributed by atoms with E-state index in [1.165, 1.54) is 5.01 Å². The first-order valence-corrected chi connectivity index (χ1v) is 10.6. The standard InChI is InChI=1S/C24H19IN2O4/c1-30-21-14-17(13-20(25)22(21)31-15-16-8-4-2-5-9-16)12-19-23(28)26-27(24(19)29)18-10-6-3-7-11-18/h2-14H,15H2,1H3,(H,26,28)/b19-12-. The van der Waals surface area contributed by atoms with Crippen LogP contribution in [0.2, 0.25) is 0 Å². The van der Waals surface area contributed by atoms with Crippen molar-refractivity contribution in [2.45, 2.75) is 6.61 Å². The molecule has 0 aliphatic carbocycles. The summed E-state index contributed by atoms with van der Waals surface area (Å²) in [6.45, 7) is 0.403. The molecule has 4 rings (SSSR count). The third kappa shape index (κ3) is 4.56. The van der Waals surface area contributed by atoms with E-state index in [1.54, 1.807) is 43.5 Å². The van der Waals surface area contributed by atoms with Gasteiger partial charge in [0.05, 0.1) is 16.4 Å². The summed E-state index contributed by atoms with van der Waals surface area (Å²) in [5.74, 6) is 0.282. The second kappa shape index (κ2) is 9.22. The average Bonchev–Trinajstić information content (AvgIpc) is 3.07. The Morgan fingerprint density at radius 3 is 2.35 bits per heavy atom. The summed E-state index contributed by atoms with van der Waals surface area (Å²) >= 11 is 2.16. The molecule has 7 heteroatoms. The van der Waals surface area contributed by atoms with E-state index in [9.17, 15) is 9.59 Å². The second-order valence-electron chi connectivity index (χ2n) is 6.78. The lowest BCUT2D eigenvalue weighted by Gasteiger charge is -2.14. The highest BCUT2D eigenvalue weighted by molar-refractivity contribution is 14.1. The van der Waals surface area contributed by atoms with Gasteiger partial charge in [-0.05, 0) is 64.1 Å². The number of carbonyl (C=O) groups excluding carboxylic acids is 2. The Kier molecular flexibility index (Phi) is 6.22. The van der Waals surface area contributed by atoms with E-state index in [0.29, 0.717) is 29.4 Å². The highest BCUT2D eigenvalue weighted by Crippen LogP contribution is 2.35. The smallest absolute Gasteiger partial charge is 0.282 e. The lowest BCUT2D eigenvalue weighted by molar-refractivity contribution is -0.117. The number of hydrazine groups is 1. The van der Waals surface area contributed by atoms with Crippen molar-refractivity contribution in [2.24, 2.45) is 0 Å². The Hall–Kier alpha value is -3.33. The summed E-state index contributed by atoms with van der Waals surface area (Å²) in [5, 5.41) is 1.24. The first kappa shape index (κ1) is 20.9. The fourth-order valence-electron chi connectivity index (χ4n) is 3.18. The number of carbonyl (C=O) groups is 2. The van der Waals surface area contributed by atoms with Crippen molar-refractivity contribution < 1.29 is 19.1 Å². The van der Waals surface area contributed by atoms with Crippen molar-refractivity contribution in [1.29, 1.82) is 0 Å². The van der Waals surface area contributed by atoms with E-state index in [1.807, 2.05) is 42.5 Å². The number of rotatable bonds is 6. The Balaban J connectivity index is 1.60. The van der Waals surface area contributed by atoms with Crippen LogP contribution < -0.4 is 19.9 Å². The molecule has 2 amide bonds. The van der Waals surface area contributed by atoms with Crippen molar-refractivity contribution in [1.82, 2.24) is 5.43 Å². The number of nitrogens with zero attached hydrogens (tertiary/aromatic N) is 1. The second-order valence-corrected chi connectivity index (χ2v) is 7.95. The normalized spacial score (nSPS) is 14.6. The molecule has 31 heavy (non-hydrogen) atoms. The van der Waals surface area contributed by atoms with Gasteiger partial charge in [-0.2, -0.15) is 0 Å². The molecule has 0 saturated carbocycles. The molecule has 1 aliphatic rings. The van der Waals surface area contributed by atoms with E-state index in [2.05, 4.69) is 28.0 Å². The number of hydrogen-bond acceptors (Lipinski definition) is 4. The number of ether oxygens (including phenoxy) is 2. The number of halogens is 1.